The Labute approximate surface area is 131 Å². The molecule has 0 aliphatic carbocycles. The van der Waals surface area contributed by atoms with E-state index in [9.17, 15) is 13.7 Å². The third-order valence-electron chi connectivity index (χ3n) is 2.65. The first-order valence-electron chi connectivity index (χ1n) is 5.72. The number of allylic oxidation sites excluding steroid dienone is 1. The van der Waals surface area contributed by atoms with Crippen molar-refractivity contribution in [2.45, 2.75) is 4.90 Å². The van der Waals surface area contributed by atoms with Crippen molar-refractivity contribution in [3.05, 3.63) is 68.6 Å². The van der Waals surface area contributed by atoms with Crippen molar-refractivity contribution in [1.29, 1.82) is 5.26 Å². The topological polar surface area (TPSA) is 57.9 Å². The number of nitriles is 1. The SMILES string of the molecule is N#CC(=Cc1ccccc1I)S(=O)(=O)c1ccccc1. The first-order chi connectivity index (χ1) is 9.55. The minimum Gasteiger partial charge on any atom is -0.218 e. The molecule has 0 aromatic heterocycles. The van der Waals surface area contributed by atoms with Gasteiger partial charge in [-0.15, -0.1) is 0 Å². The molecule has 0 bridgehead atoms. The molecule has 0 radical (unpaired) electrons. The van der Waals surface area contributed by atoms with Gasteiger partial charge in [-0.1, -0.05) is 36.4 Å². The first kappa shape index (κ1) is 14.8. The van der Waals surface area contributed by atoms with Gasteiger partial charge in [-0.25, -0.2) is 8.42 Å². The minimum atomic E-state index is -3.77. The molecule has 0 aliphatic rings. The summed E-state index contributed by atoms with van der Waals surface area (Å²) in [6.45, 7) is 0. The molecular weight excluding hydrogens is 385 g/mol. The number of rotatable bonds is 3. The molecular formula is C15H10INO2S. The smallest absolute Gasteiger partial charge is 0.216 e. The molecule has 0 N–H and O–H groups in total. The summed E-state index contributed by atoms with van der Waals surface area (Å²) < 4.78 is 25.7. The molecule has 3 nitrogen and oxygen atoms in total. The number of benzene rings is 2. The lowest BCUT2D eigenvalue weighted by atomic mass is 10.2. The molecule has 0 aliphatic heterocycles. The Bertz CT molecular complexity index is 790. The molecule has 0 atom stereocenters. The molecule has 2 aromatic rings. The Hall–Kier alpha value is -1.65. The fourth-order valence-corrected chi connectivity index (χ4v) is 3.34. The van der Waals surface area contributed by atoms with Gasteiger partial charge in [0.15, 0.2) is 0 Å². The average molecular weight is 395 g/mol. The van der Waals surface area contributed by atoms with Gasteiger partial charge in [0.05, 0.1) is 4.90 Å². The van der Waals surface area contributed by atoms with Gasteiger partial charge in [-0.05, 0) is 52.4 Å². The van der Waals surface area contributed by atoms with Gasteiger partial charge >= 0.3 is 0 Å². The van der Waals surface area contributed by atoms with Gasteiger partial charge < -0.3 is 0 Å². The van der Waals surface area contributed by atoms with Crippen molar-refractivity contribution in [1.82, 2.24) is 0 Å². The van der Waals surface area contributed by atoms with Crippen LogP contribution < -0.4 is 0 Å². The van der Waals surface area contributed by atoms with E-state index in [-0.39, 0.29) is 9.80 Å². The van der Waals surface area contributed by atoms with E-state index in [1.165, 1.54) is 18.2 Å². The van der Waals surface area contributed by atoms with Crippen LogP contribution in [0, 0.1) is 14.9 Å². The van der Waals surface area contributed by atoms with Gasteiger partial charge in [0.25, 0.3) is 0 Å². The number of hydrogen-bond acceptors (Lipinski definition) is 3. The molecule has 0 heterocycles. The zero-order valence-electron chi connectivity index (χ0n) is 10.3. The normalized spacial score (nSPS) is 11.9. The molecule has 2 rings (SSSR count). The predicted molar refractivity (Wildman–Crippen MR) is 86.4 cm³/mol. The summed E-state index contributed by atoms with van der Waals surface area (Å²) in [5, 5.41) is 9.18. The van der Waals surface area contributed by atoms with Crippen LogP contribution in [0.5, 0.6) is 0 Å². The van der Waals surface area contributed by atoms with Crippen LogP contribution in [0.25, 0.3) is 6.08 Å². The summed E-state index contributed by atoms with van der Waals surface area (Å²) in [5.41, 5.74) is 0.712. The number of halogens is 1. The zero-order chi connectivity index (χ0) is 14.6. The highest BCUT2D eigenvalue weighted by Gasteiger charge is 2.20. The number of sulfone groups is 1. The van der Waals surface area contributed by atoms with Crippen molar-refractivity contribution in [2.75, 3.05) is 0 Å². The maximum Gasteiger partial charge on any atom is 0.216 e. The van der Waals surface area contributed by atoms with Crippen molar-refractivity contribution < 1.29 is 8.42 Å². The quantitative estimate of drug-likeness (QED) is 0.589. The van der Waals surface area contributed by atoms with Crippen molar-refractivity contribution in [2.24, 2.45) is 0 Å². The van der Waals surface area contributed by atoms with E-state index < -0.39 is 9.84 Å². The van der Waals surface area contributed by atoms with Gasteiger partial charge in [0.1, 0.15) is 11.0 Å². The largest absolute Gasteiger partial charge is 0.218 e. The van der Waals surface area contributed by atoms with E-state index in [0.717, 1.165) is 3.57 Å². The third-order valence-corrected chi connectivity index (χ3v) is 5.31. The van der Waals surface area contributed by atoms with Crippen molar-refractivity contribution in [3.63, 3.8) is 0 Å². The number of hydrogen-bond donors (Lipinski definition) is 0. The molecule has 0 unspecified atom stereocenters. The Morgan fingerprint density at radius 1 is 1.05 bits per heavy atom. The average Bonchev–Trinajstić information content (AvgIpc) is 2.47. The molecule has 2 aromatic carbocycles. The summed E-state index contributed by atoms with van der Waals surface area (Å²) in [6.07, 6.45) is 1.41. The summed E-state index contributed by atoms with van der Waals surface area (Å²) in [6, 6.07) is 17.0. The number of nitrogens with zero attached hydrogens (tertiary/aromatic N) is 1. The Morgan fingerprint density at radius 2 is 1.65 bits per heavy atom. The molecule has 0 amide bonds. The highest BCUT2D eigenvalue weighted by molar-refractivity contribution is 14.1. The van der Waals surface area contributed by atoms with E-state index in [1.54, 1.807) is 36.4 Å². The minimum absolute atomic E-state index is 0.124. The Kier molecular flexibility index (Phi) is 4.57. The second kappa shape index (κ2) is 6.20. The van der Waals surface area contributed by atoms with Crippen LogP contribution >= 0.6 is 22.6 Å². The lowest BCUT2D eigenvalue weighted by Gasteiger charge is -2.03. The van der Waals surface area contributed by atoms with Gasteiger partial charge in [0, 0.05) is 3.57 Å². The van der Waals surface area contributed by atoms with E-state index in [2.05, 4.69) is 22.6 Å². The summed E-state index contributed by atoms with van der Waals surface area (Å²) in [4.78, 5) is -0.133. The molecule has 0 saturated heterocycles. The van der Waals surface area contributed by atoms with Crippen LogP contribution in [-0.2, 0) is 9.84 Å². The van der Waals surface area contributed by atoms with Crippen LogP contribution in [0.15, 0.2) is 64.4 Å². The molecule has 20 heavy (non-hydrogen) atoms. The second-order valence-electron chi connectivity index (χ2n) is 3.96. The zero-order valence-corrected chi connectivity index (χ0v) is 13.3. The van der Waals surface area contributed by atoms with Gasteiger partial charge in [-0.2, -0.15) is 5.26 Å². The lowest BCUT2D eigenvalue weighted by molar-refractivity contribution is 0.603. The van der Waals surface area contributed by atoms with E-state index in [1.807, 2.05) is 12.1 Å². The maximum atomic E-state index is 12.4. The second-order valence-corrected chi connectivity index (χ2v) is 7.04. The lowest BCUT2D eigenvalue weighted by Crippen LogP contribution is -2.03. The first-order valence-corrected chi connectivity index (χ1v) is 8.28. The Balaban J connectivity index is 2.55. The highest BCUT2D eigenvalue weighted by atomic mass is 127. The van der Waals surface area contributed by atoms with Crippen LogP contribution in [0.2, 0.25) is 0 Å². The van der Waals surface area contributed by atoms with Crippen LogP contribution in [-0.4, -0.2) is 8.42 Å². The molecule has 0 spiro atoms. The van der Waals surface area contributed by atoms with Crippen molar-refractivity contribution in [3.8, 4) is 6.07 Å². The van der Waals surface area contributed by atoms with Crippen molar-refractivity contribution >= 4 is 38.5 Å². The van der Waals surface area contributed by atoms with Crippen LogP contribution in [0.1, 0.15) is 5.56 Å². The highest BCUT2D eigenvalue weighted by Crippen LogP contribution is 2.22. The standard InChI is InChI=1S/C15H10INO2S/c16-15-9-5-4-6-12(15)10-14(11-17)20(18,19)13-7-2-1-3-8-13/h1-10H. The molecule has 100 valence electrons. The van der Waals surface area contributed by atoms with Crippen LogP contribution in [0.3, 0.4) is 0 Å². The summed E-state index contributed by atoms with van der Waals surface area (Å²) >= 11 is 2.10. The molecule has 0 saturated carbocycles. The third kappa shape index (κ3) is 3.08. The maximum absolute atomic E-state index is 12.4. The van der Waals surface area contributed by atoms with E-state index in [0.29, 0.717) is 5.56 Å². The summed E-state index contributed by atoms with van der Waals surface area (Å²) in [5.74, 6) is 0. The van der Waals surface area contributed by atoms with Gasteiger partial charge in [0.2, 0.25) is 9.84 Å². The summed E-state index contributed by atoms with van der Waals surface area (Å²) in [7, 11) is -3.77. The molecule has 0 fully saturated rings. The van der Waals surface area contributed by atoms with E-state index in [4.69, 9.17) is 0 Å². The van der Waals surface area contributed by atoms with Gasteiger partial charge in [-0.3, -0.25) is 0 Å². The van der Waals surface area contributed by atoms with Crippen LogP contribution in [0.4, 0.5) is 0 Å². The fraction of sp³-hybridized carbons (Fsp3) is 0. The predicted octanol–water partition coefficient (Wildman–Crippen LogP) is 3.63. The monoisotopic (exact) mass is 395 g/mol. The Morgan fingerprint density at radius 3 is 2.25 bits per heavy atom. The fourth-order valence-electron chi connectivity index (χ4n) is 1.63. The molecule has 5 heteroatoms. The van der Waals surface area contributed by atoms with E-state index >= 15 is 0 Å².